The summed E-state index contributed by atoms with van der Waals surface area (Å²) < 4.78 is 35.6. The number of rotatable bonds is 6. The van der Waals surface area contributed by atoms with E-state index >= 15 is 0 Å². The predicted molar refractivity (Wildman–Crippen MR) is 52.3 cm³/mol. The third-order valence-corrected chi connectivity index (χ3v) is 2.42. The van der Waals surface area contributed by atoms with Crippen molar-refractivity contribution in [2.45, 2.75) is 38.7 Å². The van der Waals surface area contributed by atoms with Gasteiger partial charge in [0.1, 0.15) is 5.60 Å². The number of carbonyl (C=O) groups is 2. The molecule has 0 bridgehead atoms. The molecule has 0 aromatic heterocycles. The lowest BCUT2D eigenvalue weighted by Crippen LogP contribution is -2.52. The van der Waals surface area contributed by atoms with Crippen LogP contribution in [0.2, 0.25) is 0 Å². The fraction of sp³-hybridized carbons (Fsp3) is 0.800. The first-order valence-electron chi connectivity index (χ1n) is 4.91. The van der Waals surface area contributed by atoms with Crippen LogP contribution in [0.15, 0.2) is 0 Å². The van der Waals surface area contributed by atoms with Gasteiger partial charge in [0.2, 0.25) is 5.78 Å². The highest BCUT2D eigenvalue weighted by Crippen LogP contribution is 2.28. The molecule has 0 amide bonds. The van der Waals surface area contributed by atoms with Crippen LogP contribution in [0.1, 0.15) is 27.2 Å². The van der Waals surface area contributed by atoms with E-state index in [9.17, 15) is 18.4 Å². The summed E-state index contributed by atoms with van der Waals surface area (Å²) in [6, 6.07) is 0. The molecule has 0 aliphatic carbocycles. The van der Waals surface area contributed by atoms with Crippen LogP contribution in [-0.2, 0) is 19.1 Å². The molecule has 0 N–H and O–H groups in total. The average molecular weight is 238 g/mol. The maximum Gasteiger partial charge on any atom is 0.402 e. The predicted octanol–water partition coefficient (Wildman–Crippen LogP) is 1.57. The van der Waals surface area contributed by atoms with Crippen molar-refractivity contribution < 1.29 is 27.8 Å². The van der Waals surface area contributed by atoms with Crippen molar-refractivity contribution in [3.63, 3.8) is 0 Å². The van der Waals surface area contributed by atoms with Crippen molar-refractivity contribution in [1.29, 1.82) is 0 Å². The molecule has 94 valence electrons. The molecule has 0 radical (unpaired) electrons. The summed E-state index contributed by atoms with van der Waals surface area (Å²) in [6.07, 6.45) is 0.0390. The van der Waals surface area contributed by atoms with Crippen molar-refractivity contribution in [2.75, 3.05) is 13.7 Å². The van der Waals surface area contributed by atoms with Crippen molar-refractivity contribution in [2.24, 2.45) is 0 Å². The highest BCUT2D eigenvalue weighted by Gasteiger charge is 2.55. The first-order valence-corrected chi connectivity index (χ1v) is 4.91. The molecule has 0 aromatic carbocycles. The number of halogens is 2. The van der Waals surface area contributed by atoms with E-state index in [0.717, 1.165) is 7.11 Å². The van der Waals surface area contributed by atoms with Gasteiger partial charge in [0.15, 0.2) is 0 Å². The lowest BCUT2D eigenvalue weighted by atomic mass is 9.93. The minimum absolute atomic E-state index is 0.0390. The quantitative estimate of drug-likeness (QED) is 0.520. The molecule has 4 nitrogen and oxygen atoms in total. The smallest absolute Gasteiger partial charge is 0.402 e. The minimum Gasteiger partial charge on any atom is -0.461 e. The summed E-state index contributed by atoms with van der Waals surface area (Å²) in [6.45, 7) is 3.90. The molecule has 0 fully saturated rings. The summed E-state index contributed by atoms with van der Waals surface area (Å²) in [5.41, 5.74) is -1.68. The van der Waals surface area contributed by atoms with Crippen molar-refractivity contribution in [3.05, 3.63) is 0 Å². The summed E-state index contributed by atoms with van der Waals surface area (Å²) in [5.74, 6) is -7.59. The van der Waals surface area contributed by atoms with Crippen LogP contribution in [-0.4, -0.2) is 37.0 Å². The number of ketones is 1. The SMILES string of the molecule is CCOC(=O)C(F)(F)C(=O)C(C)(CC)OC. The zero-order valence-electron chi connectivity index (χ0n) is 9.80. The second-order valence-electron chi connectivity index (χ2n) is 3.41. The van der Waals surface area contributed by atoms with E-state index in [2.05, 4.69) is 4.74 Å². The number of ether oxygens (including phenoxy) is 2. The first kappa shape index (κ1) is 15.0. The van der Waals surface area contributed by atoms with Gasteiger partial charge >= 0.3 is 11.9 Å². The zero-order chi connectivity index (χ0) is 13.0. The number of carbonyl (C=O) groups excluding carboxylic acids is 2. The van der Waals surface area contributed by atoms with E-state index in [0.29, 0.717) is 0 Å². The van der Waals surface area contributed by atoms with Crippen molar-refractivity contribution in [1.82, 2.24) is 0 Å². The molecular weight excluding hydrogens is 222 g/mol. The van der Waals surface area contributed by atoms with Crippen LogP contribution >= 0.6 is 0 Å². The molecule has 0 aliphatic rings. The van der Waals surface area contributed by atoms with Crippen molar-refractivity contribution >= 4 is 11.8 Å². The Morgan fingerprint density at radius 1 is 1.25 bits per heavy atom. The molecule has 16 heavy (non-hydrogen) atoms. The standard InChI is InChI=1S/C10H16F2O4/c1-5-9(3,15-4)7(13)10(11,12)8(14)16-6-2/h5-6H2,1-4H3. The van der Waals surface area contributed by atoms with E-state index in [-0.39, 0.29) is 13.0 Å². The van der Waals surface area contributed by atoms with Crippen LogP contribution in [0.25, 0.3) is 0 Å². The van der Waals surface area contributed by atoms with E-state index in [1.165, 1.54) is 20.8 Å². The van der Waals surface area contributed by atoms with Crippen LogP contribution in [0.3, 0.4) is 0 Å². The molecule has 0 heterocycles. The van der Waals surface area contributed by atoms with E-state index in [4.69, 9.17) is 4.74 Å². The van der Waals surface area contributed by atoms with Gasteiger partial charge < -0.3 is 9.47 Å². The molecule has 0 saturated heterocycles. The molecule has 0 aromatic rings. The number of esters is 1. The van der Waals surface area contributed by atoms with Gasteiger partial charge in [-0.15, -0.1) is 0 Å². The fourth-order valence-electron chi connectivity index (χ4n) is 1.04. The molecule has 0 saturated carbocycles. The Hall–Kier alpha value is -1.04. The van der Waals surface area contributed by atoms with Gasteiger partial charge in [-0.05, 0) is 20.3 Å². The van der Waals surface area contributed by atoms with Gasteiger partial charge in [0, 0.05) is 7.11 Å². The number of hydrogen-bond donors (Lipinski definition) is 0. The van der Waals surface area contributed by atoms with Gasteiger partial charge in [-0.1, -0.05) is 6.92 Å². The van der Waals surface area contributed by atoms with Gasteiger partial charge in [-0.2, -0.15) is 8.78 Å². The van der Waals surface area contributed by atoms with Gasteiger partial charge in [-0.25, -0.2) is 4.79 Å². The van der Waals surface area contributed by atoms with E-state index < -0.39 is 23.3 Å². The Bertz CT molecular complexity index is 272. The zero-order valence-corrected chi connectivity index (χ0v) is 9.80. The summed E-state index contributed by atoms with van der Waals surface area (Å²) >= 11 is 0. The topological polar surface area (TPSA) is 52.6 Å². The summed E-state index contributed by atoms with van der Waals surface area (Å²) in [4.78, 5) is 22.4. The minimum atomic E-state index is -4.17. The lowest BCUT2D eigenvalue weighted by molar-refractivity contribution is -0.186. The maximum atomic E-state index is 13.4. The second kappa shape index (κ2) is 5.34. The monoisotopic (exact) mass is 238 g/mol. The number of methoxy groups -OCH3 is 1. The molecular formula is C10H16F2O4. The highest BCUT2D eigenvalue weighted by atomic mass is 19.3. The Kier molecular flexibility index (Phi) is 4.99. The second-order valence-corrected chi connectivity index (χ2v) is 3.41. The van der Waals surface area contributed by atoms with Crippen LogP contribution in [0.5, 0.6) is 0 Å². The van der Waals surface area contributed by atoms with Crippen LogP contribution in [0, 0.1) is 0 Å². The maximum absolute atomic E-state index is 13.4. The first-order chi connectivity index (χ1) is 7.26. The molecule has 0 spiro atoms. The normalized spacial score (nSPS) is 15.4. The fourth-order valence-corrected chi connectivity index (χ4v) is 1.04. The van der Waals surface area contributed by atoms with Crippen LogP contribution in [0.4, 0.5) is 8.78 Å². The summed E-state index contributed by atoms with van der Waals surface area (Å²) in [5, 5.41) is 0. The molecule has 1 atom stereocenters. The Morgan fingerprint density at radius 3 is 2.06 bits per heavy atom. The Balaban J connectivity index is 5.02. The average Bonchev–Trinajstić information content (AvgIpc) is 2.27. The molecule has 6 heteroatoms. The third kappa shape index (κ3) is 2.75. The van der Waals surface area contributed by atoms with Crippen molar-refractivity contribution in [3.8, 4) is 0 Å². The largest absolute Gasteiger partial charge is 0.461 e. The van der Waals surface area contributed by atoms with Gasteiger partial charge in [0.05, 0.1) is 6.61 Å². The molecule has 1 unspecified atom stereocenters. The Labute approximate surface area is 92.9 Å². The Morgan fingerprint density at radius 2 is 1.75 bits per heavy atom. The van der Waals surface area contributed by atoms with Gasteiger partial charge in [0.25, 0.3) is 0 Å². The molecule has 0 rings (SSSR count). The lowest BCUT2D eigenvalue weighted by Gasteiger charge is -2.28. The van der Waals surface area contributed by atoms with E-state index in [1.54, 1.807) is 0 Å². The third-order valence-electron chi connectivity index (χ3n) is 2.42. The van der Waals surface area contributed by atoms with Crippen LogP contribution < -0.4 is 0 Å². The van der Waals surface area contributed by atoms with E-state index in [1.807, 2.05) is 0 Å². The number of hydrogen-bond acceptors (Lipinski definition) is 4. The molecule has 0 aliphatic heterocycles. The summed E-state index contributed by atoms with van der Waals surface area (Å²) in [7, 11) is 1.14. The number of Topliss-reactive ketones (excluding diaryl/α,β-unsaturated/α-hetero) is 1. The highest BCUT2D eigenvalue weighted by molar-refractivity contribution is 6.09. The van der Waals surface area contributed by atoms with Gasteiger partial charge in [-0.3, -0.25) is 4.79 Å². The number of alkyl halides is 2.